The Morgan fingerprint density at radius 3 is 2.59 bits per heavy atom. The van der Waals surface area contributed by atoms with Crippen molar-refractivity contribution in [2.24, 2.45) is 0 Å². The van der Waals surface area contributed by atoms with Gasteiger partial charge in [-0.25, -0.2) is 0 Å². The number of aromatic nitrogens is 2. The molecule has 1 aromatic carbocycles. The molecule has 0 saturated heterocycles. The molecule has 0 aliphatic carbocycles. The zero-order valence-corrected chi connectivity index (χ0v) is 10.0. The average molecular weight is 229 g/mol. The fraction of sp³-hybridized carbons (Fsp3) is 0.308. The Morgan fingerprint density at radius 1 is 1.35 bits per heavy atom. The molecule has 0 bridgehead atoms. The monoisotopic (exact) mass is 229 g/mol. The van der Waals surface area contributed by atoms with Crippen molar-refractivity contribution in [1.29, 1.82) is 0 Å². The van der Waals surface area contributed by atoms with Crippen LogP contribution in [-0.4, -0.2) is 16.9 Å². The largest absolute Gasteiger partial charge is 0.497 e. The van der Waals surface area contributed by atoms with E-state index in [1.807, 2.05) is 16.8 Å². The molecule has 4 heteroatoms. The van der Waals surface area contributed by atoms with E-state index < -0.39 is 0 Å². The second kappa shape index (κ2) is 3.80. The minimum absolute atomic E-state index is 0.810. The molecule has 4 nitrogen and oxygen atoms in total. The van der Waals surface area contributed by atoms with Gasteiger partial charge in [-0.3, -0.25) is 4.68 Å². The topological polar surface area (TPSA) is 39.1 Å². The Bertz CT molecular complexity index is 543. The number of rotatable bonds is 3. The van der Waals surface area contributed by atoms with E-state index in [-0.39, 0.29) is 0 Å². The molecule has 88 valence electrons. The summed E-state index contributed by atoms with van der Waals surface area (Å²) in [5.41, 5.74) is 4.83. The number of nitrogens with zero attached hydrogens (tertiary/aromatic N) is 2. The Balaban J connectivity index is 1.83. The van der Waals surface area contributed by atoms with Crippen molar-refractivity contribution in [2.45, 2.75) is 20.0 Å². The van der Waals surface area contributed by atoms with Crippen LogP contribution in [0, 0.1) is 6.92 Å². The fourth-order valence-electron chi connectivity index (χ4n) is 2.09. The van der Waals surface area contributed by atoms with Crippen LogP contribution in [0.15, 0.2) is 24.3 Å². The lowest BCUT2D eigenvalue weighted by atomic mass is 10.2. The van der Waals surface area contributed by atoms with E-state index in [0.717, 1.165) is 18.8 Å². The molecule has 1 aromatic heterocycles. The second-order valence-electron chi connectivity index (χ2n) is 4.27. The normalized spacial score (nSPS) is 12.6. The highest BCUT2D eigenvalue weighted by molar-refractivity contribution is 5.60. The second-order valence-corrected chi connectivity index (χ2v) is 4.27. The van der Waals surface area contributed by atoms with Gasteiger partial charge >= 0.3 is 0 Å². The molecule has 0 atom stereocenters. The molecule has 0 spiro atoms. The Hall–Kier alpha value is -1.97. The van der Waals surface area contributed by atoms with E-state index >= 15 is 0 Å². The molecule has 17 heavy (non-hydrogen) atoms. The van der Waals surface area contributed by atoms with Crippen molar-refractivity contribution >= 4 is 5.69 Å². The molecule has 2 heterocycles. The smallest absolute Gasteiger partial charge is 0.118 e. The summed E-state index contributed by atoms with van der Waals surface area (Å²) in [4.78, 5) is 0. The number of methoxy groups -OCH3 is 1. The van der Waals surface area contributed by atoms with Crippen LogP contribution in [0.3, 0.4) is 0 Å². The lowest BCUT2D eigenvalue weighted by Gasteiger charge is -2.14. The number of ether oxygens (including phenoxy) is 1. The number of benzene rings is 1. The highest BCUT2D eigenvalue weighted by Gasteiger charge is 2.21. The molecular weight excluding hydrogens is 214 g/mol. The van der Waals surface area contributed by atoms with Crippen molar-refractivity contribution in [3.63, 3.8) is 0 Å². The molecule has 0 saturated carbocycles. The van der Waals surface area contributed by atoms with Crippen molar-refractivity contribution in [1.82, 2.24) is 9.78 Å². The first-order valence-electron chi connectivity index (χ1n) is 5.71. The van der Waals surface area contributed by atoms with Crippen LogP contribution in [-0.2, 0) is 13.1 Å². The van der Waals surface area contributed by atoms with Gasteiger partial charge in [-0.1, -0.05) is 12.1 Å². The maximum Gasteiger partial charge on any atom is 0.118 e. The van der Waals surface area contributed by atoms with Gasteiger partial charge in [0.15, 0.2) is 0 Å². The zero-order chi connectivity index (χ0) is 11.8. The quantitative estimate of drug-likeness (QED) is 0.876. The van der Waals surface area contributed by atoms with Crippen LogP contribution < -0.4 is 10.1 Å². The summed E-state index contributed by atoms with van der Waals surface area (Å²) in [5, 5.41) is 7.84. The minimum atomic E-state index is 0.810. The third-order valence-corrected chi connectivity index (χ3v) is 3.20. The van der Waals surface area contributed by atoms with Crippen molar-refractivity contribution in [2.75, 3.05) is 12.4 Å². The molecule has 0 radical (unpaired) electrons. The van der Waals surface area contributed by atoms with Crippen molar-refractivity contribution in [3.8, 4) is 5.75 Å². The maximum absolute atomic E-state index is 5.14. The summed E-state index contributed by atoms with van der Waals surface area (Å²) in [6.07, 6.45) is 0. The van der Waals surface area contributed by atoms with E-state index in [1.165, 1.54) is 22.6 Å². The van der Waals surface area contributed by atoms with Gasteiger partial charge in [-0.15, -0.1) is 0 Å². The van der Waals surface area contributed by atoms with E-state index in [9.17, 15) is 0 Å². The van der Waals surface area contributed by atoms with Gasteiger partial charge in [-0.2, -0.15) is 5.10 Å². The van der Waals surface area contributed by atoms with Gasteiger partial charge in [-0.05, 0) is 24.6 Å². The van der Waals surface area contributed by atoms with E-state index in [1.54, 1.807) is 7.11 Å². The summed E-state index contributed by atoms with van der Waals surface area (Å²) < 4.78 is 7.19. The van der Waals surface area contributed by atoms with Crippen LogP contribution in [0.2, 0.25) is 0 Å². The van der Waals surface area contributed by atoms with Crippen molar-refractivity contribution in [3.05, 3.63) is 41.2 Å². The highest BCUT2D eigenvalue weighted by Crippen LogP contribution is 2.28. The van der Waals surface area contributed by atoms with Crippen LogP contribution >= 0.6 is 0 Å². The van der Waals surface area contributed by atoms with Gasteiger partial charge in [0.05, 0.1) is 31.6 Å². The first-order chi connectivity index (χ1) is 8.28. The van der Waals surface area contributed by atoms with Gasteiger partial charge in [0.25, 0.3) is 0 Å². The highest BCUT2D eigenvalue weighted by atomic mass is 16.5. The summed E-state index contributed by atoms with van der Waals surface area (Å²) in [6.45, 7) is 3.80. The molecule has 3 rings (SSSR count). The molecule has 2 aromatic rings. The van der Waals surface area contributed by atoms with Gasteiger partial charge in [0.1, 0.15) is 11.4 Å². The predicted octanol–water partition coefficient (Wildman–Crippen LogP) is 2.17. The number of hydrogen-bond acceptors (Lipinski definition) is 3. The third kappa shape index (κ3) is 1.65. The molecule has 1 aliphatic rings. The Kier molecular flexibility index (Phi) is 2.28. The lowest BCUT2D eigenvalue weighted by molar-refractivity contribution is 0.414. The number of fused-ring (bicyclic) bond motifs is 1. The maximum atomic E-state index is 5.14. The van der Waals surface area contributed by atoms with Gasteiger partial charge in [0.2, 0.25) is 0 Å². The molecule has 1 aliphatic heterocycles. The van der Waals surface area contributed by atoms with E-state index in [2.05, 4.69) is 29.5 Å². The van der Waals surface area contributed by atoms with Crippen LogP contribution in [0.4, 0.5) is 5.69 Å². The fourth-order valence-corrected chi connectivity index (χ4v) is 2.09. The summed E-state index contributed by atoms with van der Waals surface area (Å²) in [6, 6.07) is 8.11. The Morgan fingerprint density at radius 2 is 2.12 bits per heavy atom. The number of nitrogens with one attached hydrogen (secondary N) is 1. The summed E-state index contributed by atoms with van der Waals surface area (Å²) in [5.74, 6) is 0.887. The van der Waals surface area contributed by atoms with Crippen LogP contribution in [0.1, 0.15) is 17.0 Å². The first-order valence-corrected chi connectivity index (χ1v) is 5.71. The zero-order valence-electron chi connectivity index (χ0n) is 10.0. The molecule has 0 fully saturated rings. The average Bonchev–Trinajstić information content (AvgIpc) is 2.52. The number of anilines is 1. The lowest BCUT2D eigenvalue weighted by Crippen LogP contribution is -2.12. The first kappa shape index (κ1) is 10.2. The number of hydrogen-bond donors (Lipinski definition) is 1. The molecule has 1 N–H and O–H groups in total. The minimum Gasteiger partial charge on any atom is -0.497 e. The van der Waals surface area contributed by atoms with Crippen LogP contribution in [0.5, 0.6) is 5.75 Å². The molecule has 0 unspecified atom stereocenters. The van der Waals surface area contributed by atoms with Crippen LogP contribution in [0.25, 0.3) is 0 Å². The third-order valence-electron chi connectivity index (χ3n) is 3.20. The molecule has 0 amide bonds. The predicted molar refractivity (Wildman–Crippen MR) is 66.4 cm³/mol. The van der Waals surface area contributed by atoms with E-state index in [0.29, 0.717) is 0 Å². The summed E-state index contributed by atoms with van der Waals surface area (Å²) in [7, 11) is 1.68. The van der Waals surface area contributed by atoms with E-state index in [4.69, 9.17) is 4.74 Å². The standard InChI is InChI=1S/C13H15N3O/c1-9-13-12(7-14-13)15-16(9)8-10-3-5-11(17-2)6-4-10/h3-6,14H,7-8H2,1-2H3. The summed E-state index contributed by atoms with van der Waals surface area (Å²) >= 11 is 0. The van der Waals surface area contributed by atoms with Gasteiger partial charge < -0.3 is 10.1 Å². The van der Waals surface area contributed by atoms with Gasteiger partial charge in [0, 0.05) is 0 Å². The Labute approximate surface area is 100 Å². The SMILES string of the molecule is COc1ccc(Cn2nc3c(c2C)NC3)cc1. The van der Waals surface area contributed by atoms with Crippen molar-refractivity contribution < 1.29 is 4.74 Å². The molecular formula is C13H15N3O.